The minimum atomic E-state index is -0.106. The number of thiocarbonyl (C=S) groups is 1. The Morgan fingerprint density at radius 3 is 2.68 bits per heavy atom. The SMILES string of the molecule is COc1ccccc1/C=C1\SC(=S)N(CNc2ccc(Br)cc2)C1=O. The quantitative estimate of drug-likeness (QED) is 0.544. The molecule has 1 saturated heterocycles. The van der Waals surface area contributed by atoms with Crippen molar-refractivity contribution in [2.45, 2.75) is 0 Å². The summed E-state index contributed by atoms with van der Waals surface area (Å²) in [7, 11) is 1.61. The first kappa shape index (κ1) is 18.0. The fourth-order valence-electron chi connectivity index (χ4n) is 2.30. The van der Waals surface area contributed by atoms with Crippen molar-refractivity contribution < 1.29 is 9.53 Å². The number of halogens is 1. The Kier molecular flexibility index (Phi) is 5.78. The van der Waals surface area contributed by atoms with E-state index in [0.717, 1.165) is 21.5 Å². The molecule has 128 valence electrons. The van der Waals surface area contributed by atoms with Crippen molar-refractivity contribution in [3.05, 3.63) is 63.5 Å². The zero-order chi connectivity index (χ0) is 17.8. The zero-order valence-corrected chi connectivity index (χ0v) is 16.6. The molecule has 1 aliphatic rings. The lowest BCUT2D eigenvalue weighted by Crippen LogP contribution is -2.33. The van der Waals surface area contributed by atoms with E-state index in [9.17, 15) is 4.79 Å². The molecular formula is C18H15BrN2O2S2. The third-order valence-corrected chi connectivity index (χ3v) is 5.49. The van der Waals surface area contributed by atoms with Crippen molar-refractivity contribution in [2.75, 3.05) is 19.1 Å². The van der Waals surface area contributed by atoms with Gasteiger partial charge in [0.1, 0.15) is 10.1 Å². The van der Waals surface area contributed by atoms with Crippen molar-refractivity contribution in [1.82, 2.24) is 4.90 Å². The topological polar surface area (TPSA) is 41.6 Å². The Balaban J connectivity index is 1.73. The molecule has 0 unspecified atom stereocenters. The van der Waals surface area contributed by atoms with Gasteiger partial charge in [-0.1, -0.05) is 58.1 Å². The van der Waals surface area contributed by atoms with Gasteiger partial charge in [0, 0.05) is 15.7 Å². The number of amides is 1. The average molecular weight is 435 g/mol. The molecule has 2 aromatic rings. The predicted octanol–water partition coefficient (Wildman–Crippen LogP) is 4.73. The Bertz CT molecular complexity index is 837. The Morgan fingerprint density at radius 1 is 1.24 bits per heavy atom. The molecule has 0 radical (unpaired) electrons. The summed E-state index contributed by atoms with van der Waals surface area (Å²) in [5.74, 6) is 0.617. The summed E-state index contributed by atoms with van der Waals surface area (Å²) in [5.41, 5.74) is 1.78. The highest BCUT2D eigenvalue weighted by Gasteiger charge is 2.31. The number of carbonyl (C=O) groups is 1. The maximum absolute atomic E-state index is 12.7. The van der Waals surface area contributed by atoms with Crippen LogP contribution in [0.15, 0.2) is 57.9 Å². The molecule has 0 aromatic heterocycles. The molecule has 2 aromatic carbocycles. The first-order valence-electron chi connectivity index (χ1n) is 7.46. The molecule has 0 aliphatic carbocycles. The lowest BCUT2D eigenvalue weighted by molar-refractivity contribution is -0.121. The monoisotopic (exact) mass is 434 g/mol. The van der Waals surface area contributed by atoms with E-state index in [1.807, 2.05) is 54.6 Å². The van der Waals surface area contributed by atoms with Crippen molar-refractivity contribution in [2.24, 2.45) is 0 Å². The largest absolute Gasteiger partial charge is 0.496 e. The average Bonchev–Trinajstić information content (AvgIpc) is 2.88. The fraction of sp³-hybridized carbons (Fsp3) is 0.111. The number of carbonyl (C=O) groups excluding carboxylic acids is 1. The van der Waals surface area contributed by atoms with Gasteiger partial charge in [0.25, 0.3) is 5.91 Å². The molecule has 1 amide bonds. The van der Waals surface area contributed by atoms with Gasteiger partial charge in [0.05, 0.1) is 18.7 Å². The van der Waals surface area contributed by atoms with Gasteiger partial charge in [-0.25, -0.2) is 0 Å². The van der Waals surface area contributed by atoms with Crippen LogP contribution in [0.1, 0.15) is 5.56 Å². The highest BCUT2D eigenvalue weighted by atomic mass is 79.9. The maximum Gasteiger partial charge on any atom is 0.267 e. The van der Waals surface area contributed by atoms with Crippen LogP contribution in [0.4, 0.5) is 5.69 Å². The van der Waals surface area contributed by atoms with Gasteiger partial charge in [0.15, 0.2) is 0 Å². The van der Waals surface area contributed by atoms with E-state index in [4.69, 9.17) is 17.0 Å². The standard InChI is InChI=1S/C18H15BrN2O2S2/c1-23-15-5-3-2-4-12(15)10-16-17(22)21(18(24)25-16)11-20-14-8-6-13(19)7-9-14/h2-10,20H,11H2,1H3/b16-10-. The number of thioether (sulfide) groups is 1. The van der Waals surface area contributed by atoms with Gasteiger partial charge in [0.2, 0.25) is 0 Å². The summed E-state index contributed by atoms with van der Waals surface area (Å²) in [6.45, 7) is 0.329. The number of hydrogen-bond donors (Lipinski definition) is 1. The van der Waals surface area contributed by atoms with Gasteiger partial charge < -0.3 is 10.1 Å². The number of nitrogens with one attached hydrogen (secondary N) is 1. The molecule has 0 atom stereocenters. The van der Waals surface area contributed by atoms with Crippen LogP contribution in [0.25, 0.3) is 6.08 Å². The van der Waals surface area contributed by atoms with Crippen molar-refractivity contribution in [3.8, 4) is 5.75 Å². The molecule has 25 heavy (non-hydrogen) atoms. The number of para-hydroxylation sites is 1. The van der Waals surface area contributed by atoms with E-state index in [1.165, 1.54) is 11.8 Å². The molecule has 3 rings (SSSR count). The summed E-state index contributed by atoms with van der Waals surface area (Å²) < 4.78 is 6.87. The lowest BCUT2D eigenvalue weighted by atomic mass is 10.2. The van der Waals surface area contributed by atoms with E-state index in [1.54, 1.807) is 12.0 Å². The van der Waals surface area contributed by atoms with Crippen LogP contribution < -0.4 is 10.1 Å². The summed E-state index contributed by atoms with van der Waals surface area (Å²) >= 11 is 10.1. The summed E-state index contributed by atoms with van der Waals surface area (Å²) in [6, 6.07) is 15.3. The molecule has 1 aliphatic heterocycles. The third-order valence-electron chi connectivity index (χ3n) is 3.58. The van der Waals surface area contributed by atoms with Gasteiger partial charge in [-0.05, 0) is 36.4 Å². The second kappa shape index (κ2) is 8.03. The summed E-state index contributed by atoms with van der Waals surface area (Å²) in [6.07, 6.45) is 1.82. The highest BCUT2D eigenvalue weighted by molar-refractivity contribution is 9.10. The number of nitrogens with zero attached hydrogens (tertiary/aromatic N) is 1. The van der Waals surface area contributed by atoms with Crippen LogP contribution in [0.2, 0.25) is 0 Å². The van der Waals surface area contributed by atoms with Gasteiger partial charge in [-0.3, -0.25) is 9.69 Å². The highest BCUT2D eigenvalue weighted by Crippen LogP contribution is 2.34. The Morgan fingerprint density at radius 2 is 1.96 bits per heavy atom. The molecule has 7 heteroatoms. The predicted molar refractivity (Wildman–Crippen MR) is 111 cm³/mol. The van der Waals surface area contributed by atoms with Crippen molar-refractivity contribution >= 4 is 61.9 Å². The molecule has 0 spiro atoms. The van der Waals surface area contributed by atoms with Gasteiger partial charge >= 0.3 is 0 Å². The number of anilines is 1. The Labute approximate surface area is 164 Å². The van der Waals surface area contributed by atoms with E-state index in [-0.39, 0.29) is 5.91 Å². The van der Waals surface area contributed by atoms with Gasteiger partial charge in [-0.2, -0.15) is 0 Å². The second-order valence-electron chi connectivity index (χ2n) is 5.19. The minimum absolute atomic E-state index is 0.106. The normalized spacial score (nSPS) is 15.8. The number of hydrogen-bond acceptors (Lipinski definition) is 5. The zero-order valence-electron chi connectivity index (χ0n) is 13.4. The minimum Gasteiger partial charge on any atom is -0.496 e. The van der Waals surface area contributed by atoms with Crippen molar-refractivity contribution in [1.29, 1.82) is 0 Å². The molecule has 0 bridgehead atoms. The summed E-state index contributed by atoms with van der Waals surface area (Å²) in [5, 5.41) is 3.21. The van der Waals surface area contributed by atoms with E-state index >= 15 is 0 Å². The molecule has 1 N–H and O–H groups in total. The lowest BCUT2D eigenvalue weighted by Gasteiger charge is -2.16. The fourth-order valence-corrected chi connectivity index (χ4v) is 3.81. The summed E-state index contributed by atoms with van der Waals surface area (Å²) in [4.78, 5) is 14.8. The molecular weight excluding hydrogens is 420 g/mol. The van der Waals surface area contributed by atoms with Crippen molar-refractivity contribution in [3.63, 3.8) is 0 Å². The number of rotatable bonds is 5. The van der Waals surface area contributed by atoms with Crippen LogP contribution in [0.5, 0.6) is 5.75 Å². The molecule has 1 heterocycles. The third kappa shape index (κ3) is 4.23. The van der Waals surface area contributed by atoms with Crippen LogP contribution in [0, 0.1) is 0 Å². The molecule has 1 fully saturated rings. The smallest absolute Gasteiger partial charge is 0.267 e. The first-order chi connectivity index (χ1) is 12.1. The van der Waals surface area contributed by atoms with Gasteiger partial charge in [-0.15, -0.1) is 0 Å². The number of ether oxygens (including phenoxy) is 1. The van der Waals surface area contributed by atoms with Crippen LogP contribution in [-0.2, 0) is 4.79 Å². The number of methoxy groups -OCH3 is 1. The first-order valence-corrected chi connectivity index (χ1v) is 9.48. The second-order valence-corrected chi connectivity index (χ2v) is 7.78. The van der Waals surface area contributed by atoms with Crippen LogP contribution >= 0.6 is 39.9 Å². The van der Waals surface area contributed by atoms with Crippen LogP contribution in [0.3, 0.4) is 0 Å². The maximum atomic E-state index is 12.7. The van der Waals surface area contributed by atoms with E-state index in [2.05, 4.69) is 21.2 Å². The Hall–Kier alpha value is -1.83. The van der Waals surface area contributed by atoms with Crippen LogP contribution in [-0.4, -0.2) is 28.9 Å². The number of benzene rings is 2. The molecule has 0 saturated carbocycles. The van der Waals surface area contributed by atoms with E-state index in [0.29, 0.717) is 15.9 Å². The van der Waals surface area contributed by atoms with E-state index < -0.39 is 0 Å². The molecule has 4 nitrogen and oxygen atoms in total.